The third-order valence-corrected chi connectivity index (χ3v) is 3.00. The molecular weight excluding hydrogens is 257 g/mol. The van der Waals surface area contributed by atoms with Gasteiger partial charge in [0.1, 0.15) is 5.82 Å². The van der Waals surface area contributed by atoms with E-state index in [2.05, 4.69) is 4.74 Å². The van der Waals surface area contributed by atoms with E-state index < -0.39 is 22.4 Å². The summed E-state index contributed by atoms with van der Waals surface area (Å²) in [6, 6.07) is 1.71. The quantitative estimate of drug-likeness (QED) is 0.476. The van der Waals surface area contributed by atoms with Crippen LogP contribution in [0.1, 0.15) is 29.6 Å². The molecule has 19 heavy (non-hydrogen) atoms. The number of nitro groups is 1. The molecule has 0 aromatic heterocycles. The largest absolute Gasteiger partial charge is 0.483 e. The summed E-state index contributed by atoms with van der Waals surface area (Å²) in [5.74, 6) is -2.00. The van der Waals surface area contributed by atoms with Crippen molar-refractivity contribution in [3.05, 3.63) is 33.6 Å². The Morgan fingerprint density at radius 1 is 1.47 bits per heavy atom. The van der Waals surface area contributed by atoms with Gasteiger partial charge in [0.25, 0.3) is 0 Å². The van der Waals surface area contributed by atoms with Crippen molar-refractivity contribution in [1.82, 2.24) is 0 Å². The van der Waals surface area contributed by atoms with Crippen molar-refractivity contribution in [2.75, 3.05) is 7.11 Å². The first kappa shape index (κ1) is 13.3. The molecule has 7 heteroatoms. The Hall–Kier alpha value is -2.18. The number of carbonyl (C=O) groups is 1. The van der Waals surface area contributed by atoms with Gasteiger partial charge in [0, 0.05) is 6.07 Å². The van der Waals surface area contributed by atoms with Crippen molar-refractivity contribution in [3.8, 4) is 5.75 Å². The molecule has 0 N–H and O–H groups in total. The van der Waals surface area contributed by atoms with Crippen LogP contribution in [-0.4, -0.2) is 24.1 Å². The number of ether oxygens (including phenoxy) is 2. The molecule has 6 nitrogen and oxygen atoms in total. The minimum atomic E-state index is -1.00. The van der Waals surface area contributed by atoms with Crippen molar-refractivity contribution in [1.29, 1.82) is 0 Å². The molecule has 0 unspecified atom stereocenters. The summed E-state index contributed by atoms with van der Waals surface area (Å²) in [5.41, 5.74) is -0.862. The maximum atomic E-state index is 13.6. The Bertz CT molecular complexity index is 527. The number of rotatable bonds is 4. The lowest BCUT2D eigenvalue weighted by Crippen LogP contribution is -2.25. The number of nitrogens with zero attached hydrogens (tertiary/aromatic N) is 1. The second-order valence-electron chi connectivity index (χ2n) is 4.22. The zero-order valence-electron chi connectivity index (χ0n) is 10.2. The fraction of sp³-hybridized carbons (Fsp3) is 0.417. The molecular formula is C12H12FNO5. The molecule has 1 aliphatic carbocycles. The van der Waals surface area contributed by atoms with E-state index in [9.17, 15) is 19.3 Å². The van der Waals surface area contributed by atoms with Crippen molar-refractivity contribution >= 4 is 11.7 Å². The van der Waals surface area contributed by atoms with Crippen LogP contribution in [0.3, 0.4) is 0 Å². The topological polar surface area (TPSA) is 78.7 Å². The molecule has 1 aromatic carbocycles. The smallest absolute Gasteiger partial charge is 0.340 e. The maximum absolute atomic E-state index is 13.6. The van der Waals surface area contributed by atoms with Crippen molar-refractivity contribution in [3.63, 3.8) is 0 Å². The van der Waals surface area contributed by atoms with Gasteiger partial charge >= 0.3 is 11.7 Å². The van der Waals surface area contributed by atoms with Gasteiger partial charge in [-0.05, 0) is 19.3 Å². The molecule has 1 saturated carbocycles. The predicted octanol–water partition coefficient (Wildman–Crippen LogP) is 2.45. The molecule has 1 aromatic rings. The molecule has 102 valence electrons. The molecule has 0 amide bonds. The van der Waals surface area contributed by atoms with Crippen LogP contribution in [0.25, 0.3) is 0 Å². The summed E-state index contributed by atoms with van der Waals surface area (Å²) >= 11 is 0. The molecule has 2 rings (SSSR count). The van der Waals surface area contributed by atoms with Crippen LogP contribution in [0, 0.1) is 15.9 Å². The lowest BCUT2D eigenvalue weighted by molar-refractivity contribution is -0.386. The highest BCUT2D eigenvalue weighted by atomic mass is 19.1. The molecule has 1 fully saturated rings. The first-order valence-electron chi connectivity index (χ1n) is 5.76. The normalized spacial score (nSPS) is 14.6. The summed E-state index contributed by atoms with van der Waals surface area (Å²) < 4.78 is 23.4. The van der Waals surface area contributed by atoms with Crippen LogP contribution in [0.5, 0.6) is 5.75 Å². The molecule has 0 heterocycles. The monoisotopic (exact) mass is 269 g/mol. The summed E-state index contributed by atoms with van der Waals surface area (Å²) in [4.78, 5) is 21.5. The Balaban J connectivity index is 2.40. The molecule has 1 aliphatic rings. The second-order valence-corrected chi connectivity index (χ2v) is 4.22. The number of halogens is 1. The first-order chi connectivity index (χ1) is 9.02. The Morgan fingerprint density at radius 2 is 2.16 bits per heavy atom. The third-order valence-electron chi connectivity index (χ3n) is 3.00. The molecule has 0 radical (unpaired) electrons. The van der Waals surface area contributed by atoms with E-state index in [0.717, 1.165) is 32.4 Å². The highest BCUT2D eigenvalue weighted by Gasteiger charge is 2.27. The average Bonchev–Trinajstić information content (AvgIpc) is 2.33. The van der Waals surface area contributed by atoms with Gasteiger partial charge in [-0.25, -0.2) is 9.18 Å². The standard InChI is InChI=1S/C12H12FNO5/c1-18-12(15)8-5-11(19-7-3-2-4-7)10(14(16)17)6-9(8)13/h5-7H,2-4H2,1H3. The van der Waals surface area contributed by atoms with Crippen molar-refractivity contribution in [2.24, 2.45) is 0 Å². The van der Waals surface area contributed by atoms with Gasteiger partial charge in [0.2, 0.25) is 0 Å². The Kier molecular flexibility index (Phi) is 3.64. The van der Waals surface area contributed by atoms with E-state index in [1.807, 2.05) is 0 Å². The van der Waals surface area contributed by atoms with Crippen LogP contribution >= 0.6 is 0 Å². The fourth-order valence-corrected chi connectivity index (χ4v) is 1.71. The Labute approximate surface area is 108 Å². The lowest BCUT2D eigenvalue weighted by atomic mass is 9.96. The number of methoxy groups -OCH3 is 1. The fourth-order valence-electron chi connectivity index (χ4n) is 1.71. The number of benzene rings is 1. The number of esters is 1. The number of nitro benzene ring substituents is 1. The van der Waals surface area contributed by atoms with E-state index in [1.54, 1.807) is 0 Å². The summed E-state index contributed by atoms with van der Waals surface area (Å²) in [7, 11) is 1.11. The summed E-state index contributed by atoms with van der Waals surface area (Å²) in [6.45, 7) is 0. The summed E-state index contributed by atoms with van der Waals surface area (Å²) in [5, 5.41) is 10.9. The molecule has 0 saturated heterocycles. The van der Waals surface area contributed by atoms with E-state index in [-0.39, 0.29) is 17.4 Å². The van der Waals surface area contributed by atoms with Crippen molar-refractivity contribution in [2.45, 2.75) is 25.4 Å². The van der Waals surface area contributed by atoms with E-state index >= 15 is 0 Å². The van der Waals surface area contributed by atoms with E-state index in [4.69, 9.17) is 4.74 Å². The zero-order chi connectivity index (χ0) is 14.0. The summed E-state index contributed by atoms with van der Waals surface area (Å²) in [6.07, 6.45) is 2.46. The van der Waals surface area contributed by atoms with Gasteiger partial charge in [0.05, 0.1) is 29.8 Å². The highest BCUT2D eigenvalue weighted by Crippen LogP contribution is 2.34. The minimum absolute atomic E-state index is 0.100. The van der Waals surface area contributed by atoms with E-state index in [1.165, 1.54) is 0 Å². The maximum Gasteiger partial charge on any atom is 0.340 e. The predicted molar refractivity (Wildman–Crippen MR) is 62.7 cm³/mol. The molecule has 0 bridgehead atoms. The van der Waals surface area contributed by atoms with Crippen LogP contribution in [0.15, 0.2) is 12.1 Å². The lowest BCUT2D eigenvalue weighted by Gasteiger charge is -2.26. The van der Waals surface area contributed by atoms with Gasteiger partial charge < -0.3 is 9.47 Å². The average molecular weight is 269 g/mol. The van der Waals surface area contributed by atoms with Crippen LogP contribution < -0.4 is 4.74 Å². The minimum Gasteiger partial charge on any atom is -0.483 e. The van der Waals surface area contributed by atoms with E-state index in [0.29, 0.717) is 6.07 Å². The number of carbonyl (C=O) groups excluding carboxylic acids is 1. The number of hydrogen-bond donors (Lipinski definition) is 0. The van der Waals surface area contributed by atoms with Crippen LogP contribution in [-0.2, 0) is 4.74 Å². The first-order valence-corrected chi connectivity index (χ1v) is 5.76. The van der Waals surface area contributed by atoms with Gasteiger partial charge in [0.15, 0.2) is 5.75 Å². The van der Waals surface area contributed by atoms with Crippen LogP contribution in [0.2, 0.25) is 0 Å². The van der Waals surface area contributed by atoms with Gasteiger partial charge in [-0.15, -0.1) is 0 Å². The zero-order valence-corrected chi connectivity index (χ0v) is 10.2. The molecule has 0 atom stereocenters. The Morgan fingerprint density at radius 3 is 2.63 bits per heavy atom. The van der Waals surface area contributed by atoms with Crippen LogP contribution in [0.4, 0.5) is 10.1 Å². The van der Waals surface area contributed by atoms with Gasteiger partial charge in [-0.1, -0.05) is 0 Å². The second kappa shape index (κ2) is 5.21. The third kappa shape index (κ3) is 2.64. The van der Waals surface area contributed by atoms with Gasteiger partial charge in [-0.2, -0.15) is 0 Å². The van der Waals surface area contributed by atoms with Gasteiger partial charge in [-0.3, -0.25) is 10.1 Å². The number of hydrogen-bond acceptors (Lipinski definition) is 5. The molecule has 0 spiro atoms. The highest BCUT2D eigenvalue weighted by molar-refractivity contribution is 5.90. The van der Waals surface area contributed by atoms with Crippen molar-refractivity contribution < 1.29 is 23.6 Å². The molecule has 0 aliphatic heterocycles. The SMILES string of the molecule is COC(=O)c1cc(OC2CCC2)c([N+](=O)[O-])cc1F.